The molecule has 0 amide bonds. The Hall–Kier alpha value is -2.90. The van der Waals surface area contributed by atoms with Crippen molar-refractivity contribution in [2.75, 3.05) is 11.5 Å². The second-order valence-electron chi connectivity index (χ2n) is 9.16. The zero-order chi connectivity index (χ0) is 26.5. The predicted molar refractivity (Wildman–Crippen MR) is 156 cm³/mol. The lowest BCUT2D eigenvalue weighted by Gasteiger charge is -2.35. The SMILES string of the molecule is CCCS(O)(c1ccc(C)cc1)c1ccc(Oc2ccc(S(O)(CCC)c3ccc(O)cc3)cc2)cc1. The average Bonchev–Trinajstić information content (AvgIpc) is 2.90. The summed E-state index contributed by atoms with van der Waals surface area (Å²) in [7, 11) is -4.31. The predicted octanol–water partition coefficient (Wildman–Crippen LogP) is 9.70. The van der Waals surface area contributed by atoms with E-state index in [2.05, 4.69) is 32.9 Å². The fourth-order valence-corrected chi connectivity index (χ4v) is 9.38. The molecule has 0 aliphatic rings. The minimum Gasteiger partial charge on any atom is -0.508 e. The van der Waals surface area contributed by atoms with Crippen LogP contribution in [-0.4, -0.2) is 25.7 Å². The zero-order valence-corrected chi connectivity index (χ0v) is 23.3. The van der Waals surface area contributed by atoms with Crippen molar-refractivity contribution in [3.8, 4) is 17.2 Å². The Morgan fingerprint density at radius 2 is 0.865 bits per heavy atom. The minimum absolute atomic E-state index is 0.186. The van der Waals surface area contributed by atoms with Crippen LogP contribution in [-0.2, 0) is 0 Å². The summed E-state index contributed by atoms with van der Waals surface area (Å²) < 4.78 is 29.4. The molecule has 0 saturated carbocycles. The van der Waals surface area contributed by atoms with Crippen LogP contribution >= 0.6 is 20.6 Å². The molecule has 0 fully saturated rings. The smallest absolute Gasteiger partial charge is 0.127 e. The number of hydrogen-bond acceptors (Lipinski definition) is 4. The Morgan fingerprint density at radius 3 is 1.22 bits per heavy atom. The van der Waals surface area contributed by atoms with Crippen molar-refractivity contribution >= 4 is 20.6 Å². The van der Waals surface area contributed by atoms with Crippen molar-refractivity contribution in [1.29, 1.82) is 0 Å². The number of phenolic OH excluding ortho intramolecular Hbond substituents is 1. The molecular weight excluding hydrogens is 500 g/mol. The molecule has 4 aromatic rings. The molecule has 2 unspecified atom stereocenters. The molecule has 0 heterocycles. The Balaban J connectivity index is 1.54. The van der Waals surface area contributed by atoms with Crippen molar-refractivity contribution in [2.24, 2.45) is 0 Å². The highest BCUT2D eigenvalue weighted by molar-refractivity contribution is 8.29. The van der Waals surface area contributed by atoms with Gasteiger partial charge in [0.1, 0.15) is 17.2 Å². The van der Waals surface area contributed by atoms with Gasteiger partial charge in [0.05, 0.1) is 0 Å². The molecule has 4 rings (SSSR count). The van der Waals surface area contributed by atoms with Crippen molar-refractivity contribution < 1.29 is 18.9 Å². The van der Waals surface area contributed by atoms with E-state index >= 15 is 0 Å². The van der Waals surface area contributed by atoms with Crippen LogP contribution in [0.3, 0.4) is 0 Å². The number of rotatable bonds is 10. The first-order valence-corrected chi connectivity index (χ1v) is 16.1. The first-order valence-electron chi connectivity index (χ1n) is 12.6. The van der Waals surface area contributed by atoms with Gasteiger partial charge in [-0.1, -0.05) is 52.2 Å². The Morgan fingerprint density at radius 1 is 0.541 bits per heavy atom. The van der Waals surface area contributed by atoms with Crippen molar-refractivity contribution in [3.05, 3.63) is 103 Å². The normalized spacial score (nSPS) is 16.2. The van der Waals surface area contributed by atoms with E-state index in [-0.39, 0.29) is 5.75 Å². The molecule has 4 nitrogen and oxygen atoms in total. The summed E-state index contributed by atoms with van der Waals surface area (Å²) in [5.74, 6) is 2.90. The second-order valence-corrected chi connectivity index (χ2v) is 14.7. The molecule has 0 aromatic heterocycles. The van der Waals surface area contributed by atoms with Crippen molar-refractivity contribution in [2.45, 2.75) is 53.2 Å². The summed E-state index contributed by atoms with van der Waals surface area (Å²) in [4.78, 5) is 3.57. The lowest BCUT2D eigenvalue weighted by Crippen LogP contribution is -2.06. The summed E-state index contributed by atoms with van der Waals surface area (Å²) in [6, 6.07) is 30.3. The zero-order valence-electron chi connectivity index (χ0n) is 21.6. The van der Waals surface area contributed by atoms with Crippen LogP contribution in [0.4, 0.5) is 0 Å². The maximum absolute atomic E-state index is 11.7. The van der Waals surface area contributed by atoms with Crippen LogP contribution in [0.1, 0.15) is 32.3 Å². The quantitative estimate of drug-likeness (QED) is 0.189. The van der Waals surface area contributed by atoms with Gasteiger partial charge in [-0.15, -0.1) is 0 Å². The van der Waals surface area contributed by atoms with Crippen LogP contribution in [0, 0.1) is 6.92 Å². The van der Waals surface area contributed by atoms with Gasteiger partial charge in [0.2, 0.25) is 0 Å². The van der Waals surface area contributed by atoms with E-state index in [9.17, 15) is 14.2 Å². The van der Waals surface area contributed by atoms with Gasteiger partial charge >= 0.3 is 0 Å². The molecule has 196 valence electrons. The Labute approximate surface area is 223 Å². The van der Waals surface area contributed by atoms with Gasteiger partial charge in [-0.3, -0.25) is 0 Å². The summed E-state index contributed by atoms with van der Waals surface area (Å²) in [6.45, 7) is 6.20. The number of aryl methyl sites for hydroxylation is 1. The third-order valence-electron chi connectivity index (χ3n) is 6.30. The monoisotopic (exact) mass is 536 g/mol. The van der Waals surface area contributed by atoms with Crippen LogP contribution in [0.5, 0.6) is 17.2 Å². The molecule has 0 radical (unpaired) electrons. The van der Waals surface area contributed by atoms with Crippen molar-refractivity contribution in [3.63, 3.8) is 0 Å². The van der Waals surface area contributed by atoms with Gasteiger partial charge in [-0.05, 0) is 105 Å². The van der Waals surface area contributed by atoms with Crippen LogP contribution in [0.2, 0.25) is 0 Å². The minimum atomic E-state index is -2.20. The molecule has 37 heavy (non-hydrogen) atoms. The highest BCUT2D eigenvalue weighted by Gasteiger charge is 2.26. The molecule has 4 aromatic carbocycles. The fourth-order valence-electron chi connectivity index (χ4n) is 4.37. The third-order valence-corrected chi connectivity index (χ3v) is 12.5. The lowest BCUT2D eigenvalue weighted by molar-refractivity contribution is 0.474. The number of hydrogen-bond donors (Lipinski definition) is 3. The molecular formula is C31H36O4S2. The maximum atomic E-state index is 11.7. The van der Waals surface area contributed by atoms with Crippen LogP contribution in [0.25, 0.3) is 0 Å². The molecule has 0 bridgehead atoms. The standard InChI is InChI=1S/C31H36O4S2/c1-4-22-36(33,28-14-6-24(3)7-15-28)30-18-10-26(11-19-30)35-27-12-20-31(21-13-27)37(34,23-5-2)29-16-8-25(32)9-17-29/h6-21,32-34H,4-5,22-23H2,1-3H3. The summed E-state index contributed by atoms with van der Waals surface area (Å²) in [5, 5.41) is 9.65. The van der Waals surface area contributed by atoms with E-state index in [4.69, 9.17) is 4.74 Å². The van der Waals surface area contributed by atoms with Gasteiger partial charge in [-0.2, -0.15) is 0 Å². The molecule has 0 saturated heterocycles. The first kappa shape index (κ1) is 27.1. The largest absolute Gasteiger partial charge is 0.508 e. The first-order chi connectivity index (χ1) is 17.8. The third kappa shape index (κ3) is 5.99. The highest BCUT2D eigenvalue weighted by atomic mass is 32.3. The van der Waals surface area contributed by atoms with Crippen molar-refractivity contribution in [1.82, 2.24) is 0 Å². The maximum Gasteiger partial charge on any atom is 0.127 e. The molecule has 6 heteroatoms. The van der Waals surface area contributed by atoms with Gasteiger partial charge < -0.3 is 18.9 Å². The summed E-state index contributed by atoms with van der Waals surface area (Å²) in [5.41, 5.74) is 1.18. The number of phenols is 1. The van der Waals surface area contributed by atoms with Gasteiger partial charge in [0.25, 0.3) is 0 Å². The number of ether oxygens (including phenoxy) is 1. The van der Waals surface area contributed by atoms with E-state index in [0.29, 0.717) is 23.0 Å². The molecule has 3 N–H and O–H groups in total. The second kappa shape index (κ2) is 11.7. The average molecular weight is 537 g/mol. The Kier molecular flexibility index (Phi) is 8.55. The molecule has 0 aliphatic heterocycles. The molecule has 0 spiro atoms. The van der Waals surface area contributed by atoms with Gasteiger partial charge in [-0.25, -0.2) is 0 Å². The molecule has 0 aliphatic carbocycles. The Bertz CT molecular complexity index is 1190. The topological polar surface area (TPSA) is 69.9 Å². The van der Waals surface area contributed by atoms with Crippen LogP contribution < -0.4 is 4.74 Å². The van der Waals surface area contributed by atoms with E-state index in [0.717, 1.165) is 32.4 Å². The van der Waals surface area contributed by atoms with Crippen LogP contribution in [0.15, 0.2) is 117 Å². The molecule has 2 atom stereocenters. The van der Waals surface area contributed by atoms with Gasteiger partial charge in [0, 0.05) is 31.1 Å². The van der Waals surface area contributed by atoms with E-state index in [1.54, 1.807) is 24.3 Å². The fraction of sp³-hybridized carbons (Fsp3) is 0.226. The summed E-state index contributed by atoms with van der Waals surface area (Å²) >= 11 is 0. The highest BCUT2D eigenvalue weighted by Crippen LogP contribution is 2.60. The number of benzene rings is 4. The van der Waals surface area contributed by atoms with E-state index in [1.165, 1.54) is 5.56 Å². The lowest BCUT2D eigenvalue weighted by atomic mass is 10.2. The number of aromatic hydroxyl groups is 1. The van der Waals surface area contributed by atoms with E-state index < -0.39 is 20.6 Å². The summed E-state index contributed by atoms with van der Waals surface area (Å²) in [6.07, 6.45) is 1.73. The van der Waals surface area contributed by atoms with Gasteiger partial charge in [0.15, 0.2) is 0 Å². The van der Waals surface area contributed by atoms with E-state index in [1.807, 2.05) is 60.7 Å².